The Hall–Kier alpha value is -14.5. The first kappa shape index (κ1) is 102. The van der Waals surface area contributed by atoms with Crippen molar-refractivity contribution in [1.29, 1.82) is 0 Å². The number of H-pyrrole nitrogens is 4. The third kappa shape index (κ3) is 27.6. The van der Waals surface area contributed by atoms with Gasteiger partial charge >= 0.3 is 17.9 Å². The number of esters is 1. The summed E-state index contributed by atoms with van der Waals surface area (Å²) in [6, 6.07) is 61.8. The van der Waals surface area contributed by atoms with E-state index >= 15 is 0 Å². The summed E-state index contributed by atoms with van der Waals surface area (Å²) >= 11 is 0. The lowest BCUT2D eigenvalue weighted by atomic mass is 9.73. The number of tetrazole rings is 4. The number of rotatable bonds is 41. The second kappa shape index (κ2) is 51.1. The van der Waals surface area contributed by atoms with Gasteiger partial charge in [0.15, 0.2) is 0 Å². The quantitative estimate of drug-likeness (QED) is 0.0138. The molecule has 32 nitrogen and oxygen atoms in total. The number of aliphatic carboxylic acids is 2. The molecule has 2 aliphatic rings. The number of nitrogens with two attached hydrogens (primary N) is 1. The average Bonchev–Trinajstić information content (AvgIpc) is 1.04. The second-order valence-corrected chi connectivity index (χ2v) is 35.4. The molecule has 0 spiro atoms. The van der Waals surface area contributed by atoms with Crippen molar-refractivity contribution < 1.29 is 53.3 Å². The van der Waals surface area contributed by atoms with Crippen LogP contribution < -0.4 is 5.73 Å². The third-order valence-corrected chi connectivity index (χ3v) is 25.0. The highest BCUT2D eigenvalue weighted by atomic mass is 16.5. The lowest BCUT2D eigenvalue weighted by Gasteiger charge is -2.39. The van der Waals surface area contributed by atoms with E-state index in [1.165, 1.54) is 4.90 Å². The van der Waals surface area contributed by atoms with E-state index in [-0.39, 0.29) is 60.9 Å². The molecule has 2 aliphatic carbocycles. The number of carbonyl (C=O) groups excluding carboxylic acids is 6. The maximum atomic E-state index is 13.3. The summed E-state index contributed by atoms with van der Waals surface area (Å²) in [6.45, 7) is 21.6. The van der Waals surface area contributed by atoms with Crippen LogP contribution in [-0.4, -0.2) is 192 Å². The van der Waals surface area contributed by atoms with E-state index in [0.717, 1.165) is 179 Å². The minimum atomic E-state index is -1.00. The maximum Gasteiger partial charge on any atom is 0.326 e. The van der Waals surface area contributed by atoms with Crippen molar-refractivity contribution in [2.24, 2.45) is 28.4 Å². The standard InChI is InChI=1S/C29H37N5O3.C27H33N5O3.C24H30N6O2.C24H27N5O3/c1-3-5-13-26(35)34(21-29(28(36)37-4-2)18-9-6-10-19-29)20-22-14-16-23(17-15-22)24-11-7-8-12-25(24)27-30-32-33-31-27;1-2-3-11-24(33)32(19-27(26(34)35)16-7-4-8-17-27)18-20-12-14-21(15-13-20)22-9-5-6-10-23(22)25-28-30-31-29-25;1-4-5-10-21(31)30(22(16(2)3)23(25)32)15-17-11-13-18(14-12-17)19-8-6-7-9-20(19)24-26-28-29-27-24;1-4-5-10-21(30)29(22(16(2)3)24(31)32)15-17-11-13-18(14-12-17)19-8-6-7-9-20(19)23-25-27-28-26-23/h7-8,11-12,14-17H,3-6,9-10,13,18-21H2,1-2H3,(H,30,31,32,33);5-6,9-10,12-15H,2-4,7-8,11,16-19H2,1H3,(H,34,35)(H,28,29,30,31);6-9,11-14,16,22H,4-5,10,15H2,1-3H3,(H2,25,32)(H,26,27,28,29);4,6-9,11-14,16,22H,1,5,10,15H2,2-3H3,(H,31,32)(H,25,26,27,28)/t;;2*22-/m..00/s1. The third-order valence-electron chi connectivity index (χ3n) is 25.0. The van der Waals surface area contributed by atoms with Crippen molar-refractivity contribution in [3.05, 3.63) is 229 Å². The summed E-state index contributed by atoms with van der Waals surface area (Å²) in [5.74, 6) is -0.707. The van der Waals surface area contributed by atoms with Crippen LogP contribution in [0.4, 0.5) is 0 Å². The number of carbonyl (C=O) groups is 8. The summed E-state index contributed by atoms with van der Waals surface area (Å²) < 4.78 is 5.51. The van der Waals surface area contributed by atoms with E-state index in [0.29, 0.717) is 94.6 Å². The molecule has 4 heterocycles. The lowest BCUT2D eigenvalue weighted by molar-refractivity contribution is -0.160. The van der Waals surface area contributed by atoms with Crippen molar-refractivity contribution in [3.8, 4) is 90.1 Å². The molecule has 714 valence electrons. The summed E-state index contributed by atoms with van der Waals surface area (Å²) in [7, 11) is 0. The van der Waals surface area contributed by atoms with Gasteiger partial charge in [0.1, 0.15) is 12.1 Å². The number of unbranched alkanes of at least 4 members (excludes halogenated alkanes) is 3. The van der Waals surface area contributed by atoms with E-state index < -0.39 is 40.8 Å². The molecule has 8 N–H and O–H groups in total. The molecule has 0 bridgehead atoms. The van der Waals surface area contributed by atoms with Crippen LogP contribution in [0.3, 0.4) is 0 Å². The van der Waals surface area contributed by atoms with Crippen LogP contribution >= 0.6 is 0 Å². The van der Waals surface area contributed by atoms with Gasteiger partial charge in [-0.2, -0.15) is 20.9 Å². The topological polar surface area (TPSA) is 443 Å². The number of nitrogens with one attached hydrogen (secondary N) is 4. The average molecular weight is 1850 g/mol. The minimum absolute atomic E-state index is 0.0320. The zero-order chi connectivity index (χ0) is 96.9. The molecule has 0 radical (unpaired) electrons. The summed E-state index contributed by atoms with van der Waals surface area (Å²) in [6.07, 6.45) is 17.7. The molecule has 2 atom stereocenters. The van der Waals surface area contributed by atoms with Gasteiger partial charge in [-0.1, -0.05) is 306 Å². The number of aromatic amines is 4. The van der Waals surface area contributed by atoms with Crippen molar-refractivity contribution in [2.75, 3.05) is 19.7 Å². The number of hydrogen-bond donors (Lipinski definition) is 7. The van der Waals surface area contributed by atoms with Gasteiger partial charge in [0, 0.05) is 87.2 Å². The highest BCUT2D eigenvalue weighted by Gasteiger charge is 2.45. The highest BCUT2D eigenvalue weighted by molar-refractivity contribution is 5.89. The molecule has 2 saturated carbocycles. The Labute approximate surface area is 794 Å². The van der Waals surface area contributed by atoms with Gasteiger partial charge in [-0.3, -0.25) is 33.6 Å². The van der Waals surface area contributed by atoms with Crippen LogP contribution in [0, 0.1) is 22.7 Å². The number of primary amides is 1. The largest absolute Gasteiger partial charge is 0.481 e. The van der Waals surface area contributed by atoms with Crippen LogP contribution in [0.2, 0.25) is 0 Å². The molecule has 0 aliphatic heterocycles. The molecule has 0 saturated heterocycles. The lowest BCUT2D eigenvalue weighted by Crippen LogP contribution is -2.50. The SMILES string of the molecule is C=CCCC(=O)N(Cc1ccc(-c2ccccc2-c2nn[nH]n2)cc1)[C@H](C(=O)O)C(C)C.CCCCC(=O)N(Cc1ccc(-c2ccccc2-c2nn[nH]n2)cc1)CC1(C(=O)O)CCCCC1.CCCCC(=O)N(Cc1ccc(-c2ccccc2-c2nn[nH]n2)cc1)CC1(C(=O)OCC)CCCCC1.CCCCC(=O)N(Cc1ccc(-c2ccccc2-c2nn[nH]n2)cc1)[C@H](C(N)=O)C(C)C. The monoisotopic (exact) mass is 1850 g/mol. The summed E-state index contributed by atoms with van der Waals surface area (Å²) in [5, 5.41) is 77.2. The number of hydrogen-bond acceptors (Lipinski definition) is 21. The Morgan fingerprint density at radius 1 is 0.397 bits per heavy atom. The number of carboxylic acids is 2. The van der Waals surface area contributed by atoms with E-state index in [4.69, 9.17) is 10.5 Å². The molecule has 4 aromatic heterocycles. The van der Waals surface area contributed by atoms with Crippen molar-refractivity contribution in [1.82, 2.24) is 102 Å². The maximum absolute atomic E-state index is 13.3. The van der Waals surface area contributed by atoms with E-state index in [1.807, 2.05) is 216 Å². The predicted octanol–water partition coefficient (Wildman–Crippen LogP) is 18.2. The fraction of sp³-hybridized carbons (Fsp3) is 0.404. The molecule has 5 amide bonds. The number of ether oxygens (including phenoxy) is 1. The highest BCUT2D eigenvalue weighted by Crippen LogP contribution is 2.42. The Morgan fingerprint density at radius 3 is 0.971 bits per heavy atom. The van der Waals surface area contributed by atoms with Crippen LogP contribution in [0.15, 0.2) is 207 Å². The van der Waals surface area contributed by atoms with Gasteiger partial charge in [-0.05, 0) is 158 Å². The Morgan fingerprint density at radius 2 is 0.691 bits per heavy atom. The van der Waals surface area contributed by atoms with Crippen LogP contribution in [0.1, 0.15) is 212 Å². The van der Waals surface area contributed by atoms with E-state index in [9.17, 15) is 48.6 Å². The van der Waals surface area contributed by atoms with Crippen LogP contribution in [0.25, 0.3) is 90.1 Å². The summed E-state index contributed by atoms with van der Waals surface area (Å²) in [4.78, 5) is 108. The molecule has 8 aromatic carbocycles. The van der Waals surface area contributed by atoms with Crippen molar-refractivity contribution in [3.63, 3.8) is 0 Å². The zero-order valence-corrected chi connectivity index (χ0v) is 79.2. The first-order chi connectivity index (χ1) is 65.9. The van der Waals surface area contributed by atoms with Gasteiger partial charge in [-0.15, -0.1) is 47.4 Å². The Kier molecular flexibility index (Phi) is 38.4. The first-order valence-electron chi connectivity index (χ1n) is 47.3. The Balaban J connectivity index is 0.000000174. The minimum Gasteiger partial charge on any atom is -0.481 e. The molecule has 2 fully saturated rings. The molecule has 12 aromatic rings. The first-order valence-corrected chi connectivity index (χ1v) is 47.3. The van der Waals surface area contributed by atoms with Gasteiger partial charge in [0.25, 0.3) is 0 Å². The van der Waals surface area contributed by atoms with Gasteiger partial charge in [0.05, 0.1) is 17.4 Å². The number of carboxylic acid groups (broad SMARTS) is 2. The van der Waals surface area contributed by atoms with Crippen LogP contribution in [-0.2, 0) is 69.3 Å². The normalized spacial score (nSPS) is 13.5. The van der Waals surface area contributed by atoms with E-state index in [2.05, 4.69) is 127 Å². The number of allylic oxidation sites excluding steroid dienone is 1. The molecule has 0 unspecified atom stereocenters. The number of benzene rings is 8. The molecular formula is C104H127N21O11. The molecule has 32 heteroatoms. The number of aromatic nitrogens is 16. The smallest absolute Gasteiger partial charge is 0.326 e. The fourth-order valence-electron chi connectivity index (χ4n) is 17.7. The Bertz CT molecular complexity index is 5790. The zero-order valence-electron chi connectivity index (χ0n) is 79.2. The molecule has 14 rings (SSSR count). The molecular weight excluding hydrogens is 1720 g/mol. The fourth-order valence-corrected chi connectivity index (χ4v) is 17.7. The molecule has 136 heavy (non-hydrogen) atoms. The van der Waals surface area contributed by atoms with Crippen LogP contribution in [0.5, 0.6) is 0 Å². The van der Waals surface area contributed by atoms with Crippen molar-refractivity contribution in [2.45, 2.75) is 228 Å². The van der Waals surface area contributed by atoms with Gasteiger partial charge in [0.2, 0.25) is 52.8 Å². The number of amides is 5. The van der Waals surface area contributed by atoms with Gasteiger partial charge < -0.3 is 40.3 Å². The number of nitrogens with zero attached hydrogens (tertiary/aromatic N) is 16. The predicted molar refractivity (Wildman–Crippen MR) is 520 cm³/mol. The summed E-state index contributed by atoms with van der Waals surface area (Å²) in [5.41, 5.74) is 19.4. The van der Waals surface area contributed by atoms with Crippen molar-refractivity contribution >= 4 is 47.4 Å². The van der Waals surface area contributed by atoms with E-state index in [1.54, 1.807) is 15.9 Å². The second-order valence-electron chi connectivity index (χ2n) is 35.4. The van der Waals surface area contributed by atoms with Gasteiger partial charge in [-0.25, -0.2) is 4.79 Å².